The molecule has 4 rings (SSSR count). The average Bonchev–Trinajstić information content (AvgIpc) is 3.21. The zero-order chi connectivity index (χ0) is 18.4. The second-order valence-corrected chi connectivity index (χ2v) is 7.65. The number of benzene rings is 2. The maximum absolute atomic E-state index is 10.5. The second-order valence-electron chi connectivity index (χ2n) is 6.37. The number of hydrogen-bond acceptors (Lipinski definition) is 5. The minimum atomic E-state index is 0.0000952. The molecule has 7 heteroatoms. The van der Waals surface area contributed by atoms with Crippen LogP contribution in [0.15, 0.2) is 42.0 Å². The van der Waals surface area contributed by atoms with E-state index in [1.165, 1.54) is 6.07 Å². The number of nitrogens with zero attached hydrogens (tertiary/aromatic N) is 2. The number of aromatic hydroxyl groups is 2. The Morgan fingerprint density at radius 3 is 2.77 bits per heavy atom. The van der Waals surface area contributed by atoms with E-state index in [2.05, 4.69) is 9.97 Å². The summed E-state index contributed by atoms with van der Waals surface area (Å²) >= 11 is 7.06. The van der Waals surface area contributed by atoms with Crippen LogP contribution in [0, 0.1) is 4.77 Å². The third kappa shape index (κ3) is 2.60. The molecule has 0 unspecified atom stereocenters. The van der Waals surface area contributed by atoms with E-state index in [0.29, 0.717) is 10.3 Å². The van der Waals surface area contributed by atoms with E-state index in [0.717, 1.165) is 27.2 Å². The van der Waals surface area contributed by atoms with Gasteiger partial charge >= 0.3 is 0 Å². The minimum Gasteiger partial charge on any atom is -0.508 e. The van der Waals surface area contributed by atoms with E-state index in [-0.39, 0.29) is 17.4 Å². The molecule has 3 N–H and O–H groups in total. The van der Waals surface area contributed by atoms with Crippen LogP contribution in [0.25, 0.3) is 27.2 Å². The number of phenols is 2. The van der Waals surface area contributed by atoms with E-state index in [9.17, 15) is 10.2 Å². The number of imidazole rings is 1. The van der Waals surface area contributed by atoms with Gasteiger partial charge in [-0.2, -0.15) is 0 Å². The largest absolute Gasteiger partial charge is 0.508 e. The highest BCUT2D eigenvalue weighted by Gasteiger charge is 2.18. The lowest BCUT2D eigenvalue weighted by Crippen LogP contribution is -1.99. The summed E-state index contributed by atoms with van der Waals surface area (Å²) in [6, 6.07) is 9.13. The Hall–Kier alpha value is -2.64. The number of aromatic nitrogens is 3. The van der Waals surface area contributed by atoms with Gasteiger partial charge in [-0.3, -0.25) is 4.57 Å². The van der Waals surface area contributed by atoms with Crippen molar-refractivity contribution >= 4 is 33.8 Å². The number of rotatable bonds is 3. The molecule has 0 aliphatic heterocycles. The van der Waals surface area contributed by atoms with Gasteiger partial charge in [-0.1, -0.05) is 19.9 Å². The maximum Gasteiger partial charge on any atom is 0.182 e. The van der Waals surface area contributed by atoms with Crippen molar-refractivity contribution in [1.82, 2.24) is 14.5 Å². The summed E-state index contributed by atoms with van der Waals surface area (Å²) in [6.07, 6.45) is 1.77. The predicted octanol–water partition coefficient (Wildman–Crippen LogP) is 5.35. The van der Waals surface area contributed by atoms with E-state index in [1.807, 2.05) is 42.7 Å². The Labute approximate surface area is 159 Å². The fourth-order valence-electron chi connectivity index (χ4n) is 3.12. The number of para-hydroxylation sites is 1. The lowest BCUT2D eigenvalue weighted by molar-refractivity contribution is 0.445. The number of hydrogen-bond donors (Lipinski definition) is 3. The summed E-state index contributed by atoms with van der Waals surface area (Å²) in [6.45, 7) is 3.99. The van der Waals surface area contributed by atoms with Gasteiger partial charge in [0.25, 0.3) is 0 Å². The molecule has 0 saturated heterocycles. The van der Waals surface area contributed by atoms with Gasteiger partial charge in [-0.25, -0.2) is 4.98 Å². The van der Waals surface area contributed by atoms with Crippen LogP contribution < -0.4 is 0 Å². The highest BCUT2D eigenvalue weighted by Crippen LogP contribution is 2.39. The van der Waals surface area contributed by atoms with Crippen molar-refractivity contribution in [2.75, 3.05) is 0 Å². The molecule has 0 aliphatic rings. The van der Waals surface area contributed by atoms with Gasteiger partial charge in [0.2, 0.25) is 0 Å². The minimum absolute atomic E-state index is 0.0000952. The van der Waals surface area contributed by atoms with Crippen LogP contribution in [0.1, 0.15) is 25.3 Å². The molecule has 2 aromatic heterocycles. The Balaban J connectivity index is 2.01. The van der Waals surface area contributed by atoms with Crippen molar-refractivity contribution in [3.63, 3.8) is 0 Å². The Morgan fingerprint density at radius 2 is 2.00 bits per heavy atom. The highest BCUT2D eigenvalue weighted by molar-refractivity contribution is 7.71. The van der Waals surface area contributed by atoms with Gasteiger partial charge in [0, 0.05) is 17.8 Å². The maximum atomic E-state index is 10.5. The SMILES string of the molecule is CC(C)c1cc(-c2c[nH]c(=S)n2-c2cccc3scnc23)c(O)cc1O. The average molecular weight is 383 g/mol. The van der Waals surface area contributed by atoms with Crippen LogP contribution in [0.4, 0.5) is 0 Å². The van der Waals surface area contributed by atoms with Gasteiger partial charge in [0.05, 0.1) is 21.6 Å². The van der Waals surface area contributed by atoms with Gasteiger partial charge < -0.3 is 15.2 Å². The van der Waals surface area contributed by atoms with Crippen LogP contribution in [0.5, 0.6) is 11.5 Å². The Kier molecular flexibility index (Phi) is 4.05. The first-order valence-corrected chi connectivity index (χ1v) is 9.45. The molecule has 0 radical (unpaired) electrons. The Morgan fingerprint density at radius 1 is 1.19 bits per heavy atom. The molecule has 0 atom stereocenters. The van der Waals surface area contributed by atoms with Crippen molar-refractivity contribution < 1.29 is 10.2 Å². The lowest BCUT2D eigenvalue weighted by atomic mass is 9.97. The number of thiazole rings is 1. The first kappa shape index (κ1) is 16.8. The molecule has 5 nitrogen and oxygen atoms in total. The first-order chi connectivity index (χ1) is 12.5. The van der Waals surface area contributed by atoms with Crippen molar-refractivity contribution in [3.8, 4) is 28.4 Å². The fourth-order valence-corrected chi connectivity index (χ4v) is 4.07. The molecule has 0 fully saturated rings. The molecule has 0 spiro atoms. The number of phenolic OH excluding ortho intramolecular Hbond substituents is 2. The summed E-state index contributed by atoms with van der Waals surface area (Å²) in [5.74, 6) is 0.204. The van der Waals surface area contributed by atoms with E-state index in [4.69, 9.17) is 12.2 Å². The van der Waals surface area contributed by atoms with Crippen molar-refractivity contribution in [3.05, 3.63) is 52.4 Å². The van der Waals surface area contributed by atoms with Crippen molar-refractivity contribution in [2.45, 2.75) is 19.8 Å². The number of fused-ring (bicyclic) bond motifs is 1. The first-order valence-electron chi connectivity index (χ1n) is 8.16. The van der Waals surface area contributed by atoms with Crippen molar-refractivity contribution in [1.29, 1.82) is 0 Å². The summed E-state index contributed by atoms with van der Waals surface area (Å²) < 4.78 is 3.45. The predicted molar refractivity (Wildman–Crippen MR) is 107 cm³/mol. The van der Waals surface area contributed by atoms with E-state index >= 15 is 0 Å². The highest BCUT2D eigenvalue weighted by atomic mass is 32.1. The normalized spacial score (nSPS) is 11.5. The monoisotopic (exact) mass is 383 g/mol. The molecular formula is C19H17N3O2S2. The number of aromatic amines is 1. The van der Waals surface area contributed by atoms with Crippen LogP contribution >= 0.6 is 23.6 Å². The van der Waals surface area contributed by atoms with Crippen LogP contribution in [-0.2, 0) is 0 Å². The molecule has 2 heterocycles. The molecule has 2 aromatic carbocycles. The molecule has 132 valence electrons. The quantitative estimate of drug-likeness (QED) is 0.417. The molecule has 0 bridgehead atoms. The summed E-state index contributed by atoms with van der Waals surface area (Å²) in [7, 11) is 0. The number of H-pyrrole nitrogens is 1. The van der Waals surface area contributed by atoms with Gasteiger partial charge in [0.15, 0.2) is 4.77 Å². The molecule has 0 amide bonds. The molecule has 4 aromatic rings. The fraction of sp³-hybridized carbons (Fsp3) is 0.158. The zero-order valence-electron chi connectivity index (χ0n) is 14.2. The van der Waals surface area contributed by atoms with Gasteiger partial charge in [-0.05, 0) is 41.9 Å². The third-order valence-electron chi connectivity index (χ3n) is 4.40. The zero-order valence-corrected chi connectivity index (χ0v) is 15.9. The topological polar surface area (TPSA) is 74.1 Å². The number of nitrogens with one attached hydrogen (secondary N) is 1. The van der Waals surface area contributed by atoms with E-state index < -0.39 is 0 Å². The standard InChI is InChI=1S/C19H17N3O2S2/c1-10(2)11-6-12(16(24)7-15(11)23)14-8-20-19(25)22(14)13-4-3-5-17-18(13)21-9-26-17/h3-10,23-24H,1-2H3,(H,20,25). The summed E-state index contributed by atoms with van der Waals surface area (Å²) in [4.78, 5) is 7.53. The van der Waals surface area contributed by atoms with Crippen LogP contribution in [0.3, 0.4) is 0 Å². The molecular weight excluding hydrogens is 366 g/mol. The second kappa shape index (κ2) is 6.26. The Bertz CT molecular complexity index is 1170. The third-order valence-corrected chi connectivity index (χ3v) is 5.49. The molecule has 26 heavy (non-hydrogen) atoms. The lowest BCUT2D eigenvalue weighted by Gasteiger charge is -2.14. The van der Waals surface area contributed by atoms with Crippen molar-refractivity contribution in [2.24, 2.45) is 0 Å². The van der Waals surface area contributed by atoms with Gasteiger partial charge in [-0.15, -0.1) is 11.3 Å². The van der Waals surface area contributed by atoms with Gasteiger partial charge in [0.1, 0.15) is 17.0 Å². The van der Waals surface area contributed by atoms with E-state index in [1.54, 1.807) is 23.0 Å². The van der Waals surface area contributed by atoms with Crippen LogP contribution in [-0.4, -0.2) is 24.7 Å². The molecule has 0 aliphatic carbocycles. The van der Waals surface area contributed by atoms with Crippen LogP contribution in [0.2, 0.25) is 0 Å². The smallest absolute Gasteiger partial charge is 0.182 e. The summed E-state index contributed by atoms with van der Waals surface area (Å²) in [5.41, 5.74) is 5.60. The molecule has 0 saturated carbocycles. The summed E-state index contributed by atoms with van der Waals surface area (Å²) in [5, 5.41) is 20.6.